The molecule has 0 bridgehead atoms. The number of aromatic nitrogens is 2. The van der Waals surface area contributed by atoms with Crippen LogP contribution in [0.2, 0.25) is 0 Å². The lowest BCUT2D eigenvalue weighted by Gasteiger charge is -2.23. The molecule has 28 heavy (non-hydrogen) atoms. The van der Waals surface area contributed by atoms with E-state index in [2.05, 4.69) is 20.6 Å². The minimum atomic E-state index is -0.229. The van der Waals surface area contributed by atoms with Crippen molar-refractivity contribution < 1.29 is 9.18 Å². The summed E-state index contributed by atoms with van der Waals surface area (Å²) in [6.45, 7) is 2.02. The van der Waals surface area contributed by atoms with Crippen LogP contribution >= 0.6 is 0 Å². The standard InChI is InChI=1S/C22H23FN4O/c23-17-4-2-1-3-14(17)11-20-26-18-6-5-15(12-19(18)27-20)25-21(28)16-13-22(16)7-9-24-10-8-22/h1-6,12,16,24H,7-11,13H2,(H,25,28)(H,26,27). The smallest absolute Gasteiger partial charge is 0.228 e. The number of carbonyl (C=O) groups excluding carboxylic acids is 1. The Morgan fingerprint density at radius 2 is 2.04 bits per heavy atom. The lowest BCUT2D eigenvalue weighted by atomic mass is 9.92. The predicted molar refractivity (Wildman–Crippen MR) is 107 cm³/mol. The van der Waals surface area contributed by atoms with Crippen molar-refractivity contribution in [3.63, 3.8) is 0 Å². The van der Waals surface area contributed by atoms with Crippen LogP contribution < -0.4 is 10.6 Å². The number of hydrogen-bond donors (Lipinski definition) is 3. The van der Waals surface area contributed by atoms with Crippen LogP contribution in [-0.2, 0) is 11.2 Å². The van der Waals surface area contributed by atoms with Crippen LogP contribution in [0.5, 0.6) is 0 Å². The van der Waals surface area contributed by atoms with E-state index < -0.39 is 0 Å². The van der Waals surface area contributed by atoms with Crippen LogP contribution in [0.15, 0.2) is 42.5 Å². The summed E-state index contributed by atoms with van der Waals surface area (Å²) in [6, 6.07) is 12.4. The van der Waals surface area contributed by atoms with Gasteiger partial charge in [-0.15, -0.1) is 0 Å². The van der Waals surface area contributed by atoms with E-state index >= 15 is 0 Å². The zero-order valence-electron chi connectivity index (χ0n) is 15.6. The highest BCUT2D eigenvalue weighted by molar-refractivity contribution is 5.96. The van der Waals surface area contributed by atoms with E-state index in [1.54, 1.807) is 12.1 Å². The van der Waals surface area contributed by atoms with E-state index in [1.807, 2.05) is 24.3 Å². The second kappa shape index (κ2) is 6.71. The van der Waals surface area contributed by atoms with Crippen molar-refractivity contribution in [1.82, 2.24) is 15.3 Å². The molecule has 2 heterocycles. The zero-order valence-corrected chi connectivity index (χ0v) is 15.6. The number of benzene rings is 2. The molecule has 6 heteroatoms. The first kappa shape index (κ1) is 17.4. The van der Waals surface area contributed by atoms with Gasteiger partial charge in [0.1, 0.15) is 11.6 Å². The van der Waals surface area contributed by atoms with E-state index in [4.69, 9.17) is 0 Å². The maximum absolute atomic E-state index is 13.9. The van der Waals surface area contributed by atoms with Crippen molar-refractivity contribution in [2.24, 2.45) is 11.3 Å². The molecule has 1 aromatic heterocycles. The van der Waals surface area contributed by atoms with E-state index in [0.717, 1.165) is 49.1 Å². The van der Waals surface area contributed by atoms with Crippen molar-refractivity contribution in [2.45, 2.75) is 25.7 Å². The van der Waals surface area contributed by atoms with Crippen molar-refractivity contribution in [3.8, 4) is 0 Å². The molecule has 5 nitrogen and oxygen atoms in total. The highest BCUT2D eigenvalue weighted by Crippen LogP contribution is 2.58. The molecule has 3 aromatic rings. The molecule has 2 aliphatic rings. The molecular formula is C22H23FN4O. The Hall–Kier alpha value is -2.73. The molecular weight excluding hydrogens is 355 g/mol. The first-order valence-corrected chi connectivity index (χ1v) is 9.87. The van der Waals surface area contributed by atoms with Crippen LogP contribution in [0.25, 0.3) is 11.0 Å². The fourth-order valence-corrected chi connectivity index (χ4v) is 4.47. The largest absolute Gasteiger partial charge is 0.342 e. The predicted octanol–water partition coefficient (Wildman–Crippen LogP) is 3.62. The Bertz CT molecular complexity index is 1040. The average molecular weight is 378 g/mol. The monoisotopic (exact) mass is 378 g/mol. The summed E-state index contributed by atoms with van der Waals surface area (Å²) in [4.78, 5) is 20.5. The van der Waals surface area contributed by atoms with Crippen molar-refractivity contribution in [1.29, 1.82) is 0 Å². The third-order valence-electron chi connectivity index (χ3n) is 6.22. The molecule has 5 rings (SSSR count). The summed E-state index contributed by atoms with van der Waals surface area (Å²) in [6.07, 6.45) is 3.58. The maximum atomic E-state index is 13.9. The molecule has 1 aliphatic heterocycles. The van der Waals surface area contributed by atoms with Gasteiger partial charge in [-0.25, -0.2) is 9.37 Å². The molecule has 2 aromatic carbocycles. The Morgan fingerprint density at radius 3 is 2.86 bits per heavy atom. The van der Waals surface area contributed by atoms with Gasteiger partial charge in [0.15, 0.2) is 0 Å². The summed E-state index contributed by atoms with van der Waals surface area (Å²) in [5.41, 5.74) is 3.26. The fraction of sp³-hybridized carbons (Fsp3) is 0.364. The number of piperidine rings is 1. The number of amides is 1. The molecule has 1 saturated carbocycles. The van der Waals surface area contributed by atoms with Crippen LogP contribution in [-0.4, -0.2) is 29.0 Å². The molecule has 3 N–H and O–H groups in total. The second-order valence-corrected chi connectivity index (χ2v) is 8.04. The molecule has 1 unspecified atom stereocenters. The summed E-state index contributed by atoms with van der Waals surface area (Å²) < 4.78 is 13.9. The first-order valence-electron chi connectivity index (χ1n) is 9.87. The zero-order chi connectivity index (χ0) is 19.1. The summed E-state index contributed by atoms with van der Waals surface area (Å²) in [5, 5.41) is 6.44. The van der Waals surface area contributed by atoms with Gasteiger partial charge in [0.05, 0.1) is 11.0 Å². The number of H-pyrrole nitrogens is 1. The molecule has 1 amide bonds. The highest BCUT2D eigenvalue weighted by Gasteiger charge is 2.57. The number of halogens is 1. The van der Waals surface area contributed by atoms with Gasteiger partial charge in [-0.05, 0) is 67.6 Å². The van der Waals surface area contributed by atoms with Gasteiger partial charge in [0.2, 0.25) is 5.91 Å². The maximum Gasteiger partial charge on any atom is 0.228 e. The number of nitrogens with one attached hydrogen (secondary N) is 3. The quantitative estimate of drug-likeness (QED) is 0.649. The SMILES string of the molecule is O=C(Nc1ccc2nc(Cc3ccccc3F)[nH]c2c1)C1CC12CCNCC2. The number of carbonyl (C=O) groups is 1. The van der Waals surface area contributed by atoms with Crippen molar-refractivity contribution in [2.75, 3.05) is 18.4 Å². The number of aromatic amines is 1. The van der Waals surface area contributed by atoms with Crippen LogP contribution in [0, 0.1) is 17.2 Å². The van der Waals surface area contributed by atoms with E-state index in [1.165, 1.54) is 6.07 Å². The topological polar surface area (TPSA) is 69.8 Å². The van der Waals surface area contributed by atoms with E-state index in [0.29, 0.717) is 17.8 Å². The molecule has 1 atom stereocenters. The Balaban J connectivity index is 1.30. The van der Waals surface area contributed by atoms with Crippen LogP contribution in [0.1, 0.15) is 30.7 Å². The normalized spacial score (nSPS) is 20.4. The minimum absolute atomic E-state index is 0.118. The Kier molecular flexibility index (Phi) is 4.16. The fourth-order valence-electron chi connectivity index (χ4n) is 4.47. The lowest BCUT2D eigenvalue weighted by Crippen LogP contribution is -2.31. The third kappa shape index (κ3) is 3.18. The van der Waals surface area contributed by atoms with Crippen LogP contribution in [0.4, 0.5) is 10.1 Å². The number of fused-ring (bicyclic) bond motifs is 1. The van der Waals surface area contributed by atoms with Gasteiger partial charge < -0.3 is 15.6 Å². The van der Waals surface area contributed by atoms with Crippen molar-refractivity contribution in [3.05, 3.63) is 59.7 Å². The number of anilines is 1. The van der Waals surface area contributed by atoms with Gasteiger partial charge in [0.25, 0.3) is 0 Å². The number of imidazole rings is 1. The van der Waals surface area contributed by atoms with Gasteiger partial charge in [-0.1, -0.05) is 18.2 Å². The lowest BCUT2D eigenvalue weighted by molar-refractivity contribution is -0.118. The molecule has 144 valence electrons. The average Bonchev–Trinajstić information content (AvgIpc) is 3.23. The highest BCUT2D eigenvalue weighted by atomic mass is 19.1. The van der Waals surface area contributed by atoms with E-state index in [-0.39, 0.29) is 23.1 Å². The van der Waals surface area contributed by atoms with Gasteiger partial charge in [-0.2, -0.15) is 0 Å². The molecule has 0 radical (unpaired) electrons. The summed E-state index contributed by atoms with van der Waals surface area (Å²) in [5.74, 6) is 0.725. The van der Waals surface area contributed by atoms with Gasteiger partial charge in [-0.3, -0.25) is 4.79 Å². The molecule has 1 saturated heterocycles. The second-order valence-electron chi connectivity index (χ2n) is 8.04. The van der Waals surface area contributed by atoms with Gasteiger partial charge in [0, 0.05) is 18.0 Å². The first-order chi connectivity index (χ1) is 13.6. The Morgan fingerprint density at radius 1 is 1.21 bits per heavy atom. The summed E-state index contributed by atoms with van der Waals surface area (Å²) >= 11 is 0. The number of nitrogens with zero attached hydrogens (tertiary/aromatic N) is 1. The minimum Gasteiger partial charge on any atom is -0.342 e. The number of rotatable bonds is 4. The Labute approximate surface area is 162 Å². The van der Waals surface area contributed by atoms with Crippen LogP contribution in [0.3, 0.4) is 0 Å². The molecule has 1 spiro atoms. The summed E-state index contributed by atoms with van der Waals surface area (Å²) in [7, 11) is 0. The van der Waals surface area contributed by atoms with E-state index in [9.17, 15) is 9.18 Å². The third-order valence-corrected chi connectivity index (χ3v) is 6.22. The molecule has 1 aliphatic carbocycles. The van der Waals surface area contributed by atoms with Gasteiger partial charge >= 0.3 is 0 Å². The number of hydrogen-bond acceptors (Lipinski definition) is 3. The molecule has 2 fully saturated rings. The van der Waals surface area contributed by atoms with Crippen molar-refractivity contribution >= 4 is 22.6 Å².